The fourth-order valence-corrected chi connectivity index (χ4v) is 0. The van der Waals surface area contributed by atoms with Crippen molar-refractivity contribution in [1.82, 2.24) is 0 Å². The summed E-state index contributed by atoms with van der Waals surface area (Å²) in [5, 5.41) is 0. The smallest absolute Gasteiger partial charge is 0.309 e. The molecule has 0 rings (SSSR count). The van der Waals surface area contributed by atoms with Gasteiger partial charge < -0.3 is 16.3 Å². The zero-order valence-corrected chi connectivity index (χ0v) is 6.37. The van der Waals surface area contributed by atoms with E-state index in [2.05, 4.69) is 18.0 Å². The Bertz CT molecular complexity index is 130. The van der Waals surface area contributed by atoms with Crippen molar-refractivity contribution in [3.05, 3.63) is 12.2 Å². The second kappa shape index (κ2) is 15.8. The van der Waals surface area contributed by atoms with Crippen LogP contribution in [0.4, 0.5) is 4.79 Å². The summed E-state index contributed by atoms with van der Waals surface area (Å²) in [5.74, 6) is 0. The molecule has 0 unspecified atom stereocenters. The Hall–Kier alpha value is -1.65. The van der Waals surface area contributed by atoms with Gasteiger partial charge in [0.15, 0.2) is 0 Å². The summed E-state index contributed by atoms with van der Waals surface area (Å²) in [5.41, 5.74) is 9.07. The number of amides is 2. The van der Waals surface area contributed by atoms with E-state index >= 15 is 0 Å². The highest BCUT2D eigenvalue weighted by Gasteiger charge is 1.66. The van der Waals surface area contributed by atoms with Gasteiger partial charge in [-0.15, -0.1) is 0 Å². The Kier molecular flexibility index (Phi) is 23.2. The van der Waals surface area contributed by atoms with Crippen LogP contribution in [0.25, 0.3) is 0 Å². The van der Waals surface area contributed by atoms with Gasteiger partial charge in [-0.2, -0.15) is 0 Å². The predicted molar refractivity (Wildman–Crippen MR) is 41.8 cm³/mol. The van der Waals surface area contributed by atoms with Gasteiger partial charge in [0.2, 0.25) is 0 Å². The van der Waals surface area contributed by atoms with Crippen LogP contribution in [0, 0.1) is 0 Å². The summed E-state index contributed by atoms with van der Waals surface area (Å²) < 4.78 is 0. The summed E-state index contributed by atoms with van der Waals surface area (Å²) in [4.78, 5) is 26.4. The third kappa shape index (κ3) is 2750. The highest BCUT2D eigenvalue weighted by molar-refractivity contribution is 5.70. The fourth-order valence-electron chi connectivity index (χ4n) is 0. The van der Waals surface area contributed by atoms with Crippen molar-refractivity contribution in [2.75, 3.05) is 0 Å². The quantitative estimate of drug-likeness (QED) is 0.403. The van der Waals surface area contributed by atoms with E-state index in [9.17, 15) is 4.79 Å². The molecule has 0 spiro atoms. The second-order valence-electron chi connectivity index (χ2n) is 1.37. The zero-order valence-electron chi connectivity index (χ0n) is 6.37. The zero-order chi connectivity index (χ0) is 9.86. The topological polar surface area (TPSA) is 103 Å². The number of hydrogen-bond acceptors (Lipinski definition) is 3. The summed E-state index contributed by atoms with van der Waals surface area (Å²) in [6, 6.07) is -0.833. The van der Waals surface area contributed by atoms with Crippen LogP contribution < -0.4 is 11.5 Å². The lowest BCUT2D eigenvalue weighted by molar-refractivity contribution is -0.104. The first-order valence-electron chi connectivity index (χ1n) is 2.45. The van der Waals surface area contributed by atoms with E-state index in [0.717, 1.165) is 6.29 Å². The molecule has 0 atom stereocenters. The monoisotopic (exact) mass is 160 g/mol. The minimum absolute atomic E-state index is 0.574. The lowest BCUT2D eigenvalue weighted by atomic mass is 10.4. The van der Waals surface area contributed by atoms with Crippen LogP contribution in [0.5, 0.6) is 0 Å². The maximum absolute atomic E-state index is 9.41. The van der Waals surface area contributed by atoms with Gasteiger partial charge in [0, 0.05) is 0 Å². The molecular weight excluding hydrogens is 148 g/mol. The highest BCUT2D eigenvalue weighted by atomic mass is 16.2. The molecule has 0 saturated carbocycles. The maximum atomic E-state index is 9.41. The molecule has 4 N–H and O–H groups in total. The number of primary amides is 2. The Balaban J connectivity index is -0.0000000965. The van der Waals surface area contributed by atoms with Crippen LogP contribution in [0.3, 0.4) is 0 Å². The number of rotatable bonds is 1. The summed E-state index contributed by atoms with van der Waals surface area (Å²) in [6.45, 7) is 6.97. The van der Waals surface area contributed by atoms with E-state index in [1.54, 1.807) is 6.92 Å². The van der Waals surface area contributed by atoms with Gasteiger partial charge >= 0.3 is 6.03 Å². The van der Waals surface area contributed by atoms with Gasteiger partial charge in [0.05, 0.1) is 0 Å². The Labute approximate surface area is 65.1 Å². The van der Waals surface area contributed by atoms with Crippen molar-refractivity contribution in [1.29, 1.82) is 0 Å². The van der Waals surface area contributed by atoms with Crippen LogP contribution in [-0.2, 0) is 9.59 Å². The molecule has 0 aromatic rings. The second-order valence-corrected chi connectivity index (χ2v) is 1.37. The van der Waals surface area contributed by atoms with E-state index in [1.807, 2.05) is 6.79 Å². The van der Waals surface area contributed by atoms with E-state index in [1.165, 1.54) is 0 Å². The van der Waals surface area contributed by atoms with Gasteiger partial charge in [0.25, 0.3) is 0 Å². The van der Waals surface area contributed by atoms with E-state index in [0.29, 0.717) is 5.57 Å². The van der Waals surface area contributed by atoms with Crippen LogP contribution in [0.1, 0.15) is 6.92 Å². The van der Waals surface area contributed by atoms with Crippen LogP contribution in [-0.4, -0.2) is 19.1 Å². The van der Waals surface area contributed by atoms with Crippen molar-refractivity contribution < 1.29 is 14.4 Å². The molecule has 5 nitrogen and oxygen atoms in total. The van der Waals surface area contributed by atoms with Crippen molar-refractivity contribution in [2.24, 2.45) is 11.5 Å². The van der Waals surface area contributed by atoms with Crippen molar-refractivity contribution in [2.45, 2.75) is 6.92 Å². The first-order chi connectivity index (χ1) is 5.00. The van der Waals surface area contributed by atoms with Crippen molar-refractivity contribution >= 4 is 19.1 Å². The lowest BCUT2D eigenvalue weighted by Gasteiger charge is -1.65. The maximum Gasteiger partial charge on any atom is 0.309 e. The first-order valence-corrected chi connectivity index (χ1v) is 2.45. The standard InChI is InChI=1S/C4H6O.CH4N2O.CH2O/c1-4(2)3-5;2-1(3)4;1-2/h3H,1H2,2H3;(H4,2,3,4);1H2. The molecule has 64 valence electrons. The number of carbonyl (C=O) groups is 3. The Morgan fingerprint density at radius 3 is 1.45 bits per heavy atom. The van der Waals surface area contributed by atoms with Gasteiger partial charge in [-0.1, -0.05) is 6.58 Å². The minimum atomic E-state index is -0.833. The summed E-state index contributed by atoms with van der Waals surface area (Å²) in [6.07, 6.45) is 0.722. The molecule has 0 aliphatic rings. The molecule has 0 aliphatic carbocycles. The van der Waals surface area contributed by atoms with Gasteiger partial charge in [-0.25, -0.2) is 4.79 Å². The fraction of sp³-hybridized carbons (Fsp3) is 0.167. The Morgan fingerprint density at radius 2 is 1.45 bits per heavy atom. The molecule has 0 saturated heterocycles. The van der Waals surface area contributed by atoms with Crippen LogP contribution in [0.15, 0.2) is 12.2 Å². The average molecular weight is 160 g/mol. The molecule has 0 aromatic heterocycles. The SMILES string of the molecule is C=C(C)C=O.C=O.NC(N)=O. The normalized spacial score (nSPS) is 5.55. The molecule has 0 radical (unpaired) electrons. The summed E-state index contributed by atoms with van der Waals surface area (Å²) >= 11 is 0. The first kappa shape index (κ1) is 16.2. The molecule has 5 heteroatoms. The molecule has 11 heavy (non-hydrogen) atoms. The number of aldehydes is 1. The molecule has 2 amide bonds. The Morgan fingerprint density at radius 1 is 1.36 bits per heavy atom. The van der Waals surface area contributed by atoms with Gasteiger partial charge in [0.1, 0.15) is 13.1 Å². The molecule has 0 heterocycles. The molecule has 0 bridgehead atoms. The van der Waals surface area contributed by atoms with Crippen LogP contribution in [0.2, 0.25) is 0 Å². The van der Waals surface area contributed by atoms with Crippen molar-refractivity contribution in [3.8, 4) is 0 Å². The number of allylic oxidation sites excluding steroid dienone is 1. The van der Waals surface area contributed by atoms with Gasteiger partial charge in [-0.05, 0) is 12.5 Å². The molecule has 0 aromatic carbocycles. The predicted octanol–water partition coefficient (Wildman–Crippen LogP) is -0.400. The van der Waals surface area contributed by atoms with Crippen LogP contribution >= 0.6 is 0 Å². The number of carbonyl (C=O) groups excluding carboxylic acids is 3. The lowest BCUT2D eigenvalue weighted by Crippen LogP contribution is -2.18. The molecule has 0 aliphatic heterocycles. The third-order valence-electron chi connectivity index (χ3n) is 0.201. The van der Waals surface area contributed by atoms with Gasteiger partial charge in [-0.3, -0.25) is 4.79 Å². The molecule has 0 fully saturated rings. The number of hydrogen-bond donors (Lipinski definition) is 2. The average Bonchev–Trinajstić information content (AvgIpc) is 1.91. The van der Waals surface area contributed by atoms with E-state index in [4.69, 9.17) is 9.59 Å². The van der Waals surface area contributed by atoms with Crippen molar-refractivity contribution in [3.63, 3.8) is 0 Å². The minimum Gasteiger partial charge on any atom is -0.352 e. The highest BCUT2D eigenvalue weighted by Crippen LogP contribution is 1.70. The number of nitrogens with two attached hydrogens (primary N) is 2. The molecular formula is C6H12N2O3. The third-order valence-corrected chi connectivity index (χ3v) is 0.201. The van der Waals surface area contributed by atoms with E-state index in [-0.39, 0.29) is 0 Å². The van der Waals surface area contributed by atoms with E-state index < -0.39 is 6.03 Å². The summed E-state index contributed by atoms with van der Waals surface area (Å²) in [7, 11) is 0. The largest absolute Gasteiger partial charge is 0.352 e. The number of urea groups is 1.